The standard InChI is InChI=1S/C13H16N2O2S/c1-9-4-5-18-11(9)8-14-6-10(7-14)15-12(16)2-3-13(15)17/h4-5,10H,2-3,6-8H2,1H3. The fourth-order valence-corrected chi connectivity index (χ4v) is 3.55. The van der Waals surface area contributed by atoms with Gasteiger partial charge in [-0.1, -0.05) is 0 Å². The van der Waals surface area contributed by atoms with Gasteiger partial charge in [-0.2, -0.15) is 0 Å². The molecular weight excluding hydrogens is 248 g/mol. The van der Waals surface area contributed by atoms with Crippen molar-refractivity contribution in [3.05, 3.63) is 21.9 Å². The maximum Gasteiger partial charge on any atom is 0.230 e. The predicted molar refractivity (Wildman–Crippen MR) is 69.2 cm³/mol. The Morgan fingerprint density at radius 2 is 1.94 bits per heavy atom. The summed E-state index contributed by atoms with van der Waals surface area (Å²) >= 11 is 1.77. The lowest BCUT2D eigenvalue weighted by atomic mass is 10.1. The Balaban J connectivity index is 1.56. The van der Waals surface area contributed by atoms with Gasteiger partial charge in [-0.25, -0.2) is 0 Å². The van der Waals surface area contributed by atoms with E-state index in [1.54, 1.807) is 11.3 Å². The van der Waals surface area contributed by atoms with E-state index in [1.165, 1.54) is 15.3 Å². The fourth-order valence-electron chi connectivity index (χ4n) is 2.61. The van der Waals surface area contributed by atoms with E-state index < -0.39 is 0 Å². The first kappa shape index (κ1) is 11.9. The highest BCUT2D eigenvalue weighted by Crippen LogP contribution is 2.25. The second-order valence-corrected chi connectivity index (χ2v) is 6.03. The van der Waals surface area contributed by atoms with Crippen LogP contribution >= 0.6 is 11.3 Å². The zero-order valence-electron chi connectivity index (χ0n) is 10.4. The number of thiophene rings is 1. The molecule has 2 amide bonds. The minimum atomic E-state index is 0.0111. The zero-order valence-corrected chi connectivity index (χ0v) is 11.2. The minimum Gasteiger partial charge on any atom is -0.294 e. The molecular formula is C13H16N2O2S. The van der Waals surface area contributed by atoms with Gasteiger partial charge < -0.3 is 0 Å². The third kappa shape index (κ3) is 1.97. The van der Waals surface area contributed by atoms with E-state index in [0.717, 1.165) is 19.6 Å². The third-order valence-electron chi connectivity index (χ3n) is 3.73. The molecule has 0 aromatic carbocycles. The molecule has 1 aromatic heterocycles. The van der Waals surface area contributed by atoms with Crippen LogP contribution in [0.1, 0.15) is 23.3 Å². The Morgan fingerprint density at radius 1 is 1.28 bits per heavy atom. The van der Waals surface area contributed by atoms with Gasteiger partial charge in [0.05, 0.1) is 6.04 Å². The van der Waals surface area contributed by atoms with Crippen molar-refractivity contribution in [3.63, 3.8) is 0 Å². The quantitative estimate of drug-likeness (QED) is 0.775. The molecule has 0 saturated carbocycles. The van der Waals surface area contributed by atoms with Crippen LogP contribution < -0.4 is 0 Å². The van der Waals surface area contributed by atoms with Gasteiger partial charge in [-0.15, -0.1) is 11.3 Å². The van der Waals surface area contributed by atoms with Crippen molar-refractivity contribution < 1.29 is 9.59 Å². The van der Waals surface area contributed by atoms with Crippen LogP contribution in [0, 0.1) is 6.92 Å². The smallest absolute Gasteiger partial charge is 0.230 e. The van der Waals surface area contributed by atoms with Gasteiger partial charge >= 0.3 is 0 Å². The lowest BCUT2D eigenvalue weighted by Crippen LogP contribution is -2.60. The molecule has 5 heteroatoms. The number of hydrogen-bond acceptors (Lipinski definition) is 4. The van der Waals surface area contributed by atoms with Crippen LogP contribution in [-0.2, 0) is 16.1 Å². The van der Waals surface area contributed by atoms with E-state index in [2.05, 4.69) is 23.3 Å². The fraction of sp³-hybridized carbons (Fsp3) is 0.538. The number of hydrogen-bond donors (Lipinski definition) is 0. The van der Waals surface area contributed by atoms with Crippen LogP contribution in [0.2, 0.25) is 0 Å². The van der Waals surface area contributed by atoms with E-state index in [9.17, 15) is 9.59 Å². The van der Waals surface area contributed by atoms with Gasteiger partial charge in [0.15, 0.2) is 0 Å². The molecule has 0 bridgehead atoms. The maximum absolute atomic E-state index is 11.6. The predicted octanol–water partition coefficient (Wildman–Crippen LogP) is 1.39. The highest BCUT2D eigenvalue weighted by Gasteiger charge is 2.41. The van der Waals surface area contributed by atoms with Gasteiger partial charge in [0, 0.05) is 37.4 Å². The van der Waals surface area contributed by atoms with Crippen LogP contribution in [0.4, 0.5) is 0 Å². The molecule has 0 spiro atoms. The van der Waals surface area contributed by atoms with Crippen LogP contribution in [-0.4, -0.2) is 40.7 Å². The minimum absolute atomic E-state index is 0.0111. The molecule has 4 nitrogen and oxygen atoms in total. The summed E-state index contributed by atoms with van der Waals surface area (Å²) in [5.74, 6) is 0.0221. The number of carbonyl (C=O) groups excluding carboxylic acids is 2. The van der Waals surface area contributed by atoms with Crippen LogP contribution in [0.15, 0.2) is 11.4 Å². The number of amides is 2. The molecule has 1 aromatic rings. The monoisotopic (exact) mass is 264 g/mol. The Morgan fingerprint density at radius 3 is 2.50 bits per heavy atom. The summed E-state index contributed by atoms with van der Waals surface area (Å²) in [5.41, 5.74) is 1.33. The highest BCUT2D eigenvalue weighted by molar-refractivity contribution is 7.10. The molecule has 0 aliphatic carbocycles. The molecule has 0 N–H and O–H groups in total. The van der Waals surface area contributed by atoms with Crippen molar-refractivity contribution >= 4 is 23.2 Å². The molecule has 0 atom stereocenters. The Hall–Kier alpha value is -1.20. The van der Waals surface area contributed by atoms with E-state index in [4.69, 9.17) is 0 Å². The lowest BCUT2D eigenvalue weighted by Gasteiger charge is -2.43. The second kappa shape index (κ2) is 4.48. The average molecular weight is 264 g/mol. The van der Waals surface area contributed by atoms with Crippen molar-refractivity contribution in [2.24, 2.45) is 0 Å². The topological polar surface area (TPSA) is 40.6 Å². The Bertz CT molecular complexity index is 475. The first-order valence-corrected chi connectivity index (χ1v) is 7.13. The number of nitrogens with zero attached hydrogens (tertiary/aromatic N) is 2. The number of rotatable bonds is 3. The van der Waals surface area contributed by atoms with Crippen molar-refractivity contribution in [2.45, 2.75) is 32.4 Å². The van der Waals surface area contributed by atoms with Gasteiger partial charge in [-0.05, 0) is 23.9 Å². The van der Waals surface area contributed by atoms with Crippen LogP contribution in [0.5, 0.6) is 0 Å². The molecule has 3 rings (SSSR count). The molecule has 2 fully saturated rings. The Kier molecular flexibility index (Phi) is 2.95. The maximum atomic E-state index is 11.6. The molecule has 2 aliphatic rings. The SMILES string of the molecule is Cc1ccsc1CN1CC(N2C(=O)CCC2=O)C1. The number of likely N-dealkylation sites (tertiary alicyclic amines) is 2. The van der Waals surface area contributed by atoms with Gasteiger partial charge in [0.25, 0.3) is 0 Å². The second-order valence-electron chi connectivity index (χ2n) is 5.03. The van der Waals surface area contributed by atoms with E-state index >= 15 is 0 Å². The summed E-state index contributed by atoms with van der Waals surface area (Å²) in [6.45, 7) is 4.72. The summed E-state index contributed by atoms with van der Waals surface area (Å²) in [5, 5.41) is 2.11. The summed E-state index contributed by atoms with van der Waals surface area (Å²) in [6.07, 6.45) is 0.804. The van der Waals surface area contributed by atoms with Gasteiger partial charge in [-0.3, -0.25) is 19.4 Å². The highest BCUT2D eigenvalue weighted by atomic mass is 32.1. The summed E-state index contributed by atoms with van der Waals surface area (Å²) < 4.78 is 0. The molecule has 2 aliphatic heterocycles. The summed E-state index contributed by atoms with van der Waals surface area (Å²) in [6, 6.07) is 2.25. The van der Waals surface area contributed by atoms with E-state index in [0.29, 0.717) is 12.8 Å². The van der Waals surface area contributed by atoms with Crippen LogP contribution in [0.3, 0.4) is 0 Å². The van der Waals surface area contributed by atoms with E-state index in [1.807, 2.05) is 0 Å². The van der Waals surface area contributed by atoms with E-state index in [-0.39, 0.29) is 17.9 Å². The zero-order chi connectivity index (χ0) is 12.7. The molecule has 0 radical (unpaired) electrons. The molecule has 96 valence electrons. The third-order valence-corrected chi connectivity index (χ3v) is 4.74. The first-order chi connectivity index (χ1) is 8.65. The first-order valence-electron chi connectivity index (χ1n) is 6.25. The van der Waals surface area contributed by atoms with Gasteiger partial charge in [0.2, 0.25) is 11.8 Å². The van der Waals surface area contributed by atoms with Crippen molar-refractivity contribution in [3.8, 4) is 0 Å². The molecule has 0 unspecified atom stereocenters. The number of aryl methyl sites for hydroxylation is 1. The Labute approximate surface area is 110 Å². The van der Waals surface area contributed by atoms with Crippen molar-refractivity contribution in [2.75, 3.05) is 13.1 Å². The molecule has 2 saturated heterocycles. The normalized spacial score (nSPS) is 21.7. The van der Waals surface area contributed by atoms with Crippen molar-refractivity contribution in [1.82, 2.24) is 9.80 Å². The number of carbonyl (C=O) groups is 2. The molecule has 18 heavy (non-hydrogen) atoms. The van der Waals surface area contributed by atoms with Crippen LogP contribution in [0.25, 0.3) is 0 Å². The van der Waals surface area contributed by atoms with Crippen molar-refractivity contribution in [1.29, 1.82) is 0 Å². The lowest BCUT2D eigenvalue weighted by molar-refractivity contribution is -0.145. The average Bonchev–Trinajstić information content (AvgIpc) is 2.81. The molecule has 3 heterocycles. The largest absolute Gasteiger partial charge is 0.294 e. The number of imide groups is 1. The van der Waals surface area contributed by atoms with Gasteiger partial charge in [0.1, 0.15) is 0 Å². The summed E-state index contributed by atoms with van der Waals surface area (Å²) in [7, 11) is 0. The summed E-state index contributed by atoms with van der Waals surface area (Å²) in [4.78, 5) is 28.3.